The number of benzene rings is 1. The summed E-state index contributed by atoms with van der Waals surface area (Å²) in [5.41, 5.74) is 7.66. The minimum absolute atomic E-state index is 0.119. The zero-order valence-corrected chi connectivity index (χ0v) is 17.7. The van der Waals surface area contributed by atoms with E-state index in [0.717, 1.165) is 31.5 Å². The molecule has 3 amide bonds. The number of hydrogen-bond acceptors (Lipinski definition) is 3. The van der Waals surface area contributed by atoms with Crippen LogP contribution in [0.25, 0.3) is 0 Å². The molecule has 2 aliphatic heterocycles. The predicted molar refractivity (Wildman–Crippen MR) is 112 cm³/mol. The van der Waals surface area contributed by atoms with Crippen molar-refractivity contribution in [3.63, 3.8) is 0 Å². The van der Waals surface area contributed by atoms with Gasteiger partial charge in [-0.2, -0.15) is 0 Å². The summed E-state index contributed by atoms with van der Waals surface area (Å²) in [6.07, 6.45) is 4.33. The molecule has 6 heteroatoms. The Bertz CT molecular complexity index is 768. The Labute approximate surface area is 173 Å². The van der Waals surface area contributed by atoms with E-state index in [1.807, 2.05) is 28.9 Å². The van der Waals surface area contributed by atoms with Crippen molar-refractivity contribution in [2.45, 2.75) is 58.3 Å². The highest BCUT2D eigenvalue weighted by molar-refractivity contribution is 5.82. The van der Waals surface area contributed by atoms with Crippen LogP contribution in [0.4, 0.5) is 0 Å². The number of carbonyl (C=O) groups is 3. The molecule has 2 saturated heterocycles. The second-order valence-corrected chi connectivity index (χ2v) is 8.56. The number of nitrogens with two attached hydrogens (primary N) is 1. The number of likely N-dealkylation sites (tertiary alicyclic amines) is 2. The molecule has 1 aromatic carbocycles. The summed E-state index contributed by atoms with van der Waals surface area (Å²) in [5.74, 6) is 0.268. The Morgan fingerprint density at radius 1 is 1.10 bits per heavy atom. The van der Waals surface area contributed by atoms with E-state index >= 15 is 0 Å². The molecule has 3 rings (SSSR count). The van der Waals surface area contributed by atoms with Crippen LogP contribution in [0.2, 0.25) is 0 Å². The highest BCUT2D eigenvalue weighted by Gasteiger charge is 2.41. The largest absolute Gasteiger partial charge is 0.369 e. The molecule has 158 valence electrons. The lowest BCUT2D eigenvalue weighted by atomic mass is 9.71. The quantitative estimate of drug-likeness (QED) is 0.825. The van der Waals surface area contributed by atoms with Gasteiger partial charge in [-0.25, -0.2) is 0 Å². The Kier molecular flexibility index (Phi) is 6.60. The summed E-state index contributed by atoms with van der Waals surface area (Å²) in [5, 5.41) is 0. The molecule has 1 unspecified atom stereocenters. The van der Waals surface area contributed by atoms with Gasteiger partial charge < -0.3 is 15.5 Å². The molecule has 0 bridgehead atoms. The normalized spacial score (nSPS) is 21.7. The Balaban J connectivity index is 1.81. The van der Waals surface area contributed by atoms with Gasteiger partial charge in [0.25, 0.3) is 0 Å². The average molecular weight is 400 g/mol. The van der Waals surface area contributed by atoms with Crippen LogP contribution in [0, 0.1) is 5.41 Å². The summed E-state index contributed by atoms with van der Waals surface area (Å²) in [7, 11) is 0. The van der Waals surface area contributed by atoms with Crippen molar-refractivity contribution >= 4 is 17.7 Å². The smallest absolute Gasteiger partial charge is 0.224 e. The van der Waals surface area contributed by atoms with E-state index in [0.29, 0.717) is 38.8 Å². The van der Waals surface area contributed by atoms with Crippen molar-refractivity contribution < 1.29 is 14.4 Å². The minimum Gasteiger partial charge on any atom is -0.369 e. The molecule has 0 saturated carbocycles. The SMILES string of the molecule is CCC(=O)N1CCC(Cc2ccccc2C2CCCN(C(C)=O)C2)(C(N)=O)CC1. The minimum atomic E-state index is -0.616. The summed E-state index contributed by atoms with van der Waals surface area (Å²) in [6, 6.07) is 8.27. The van der Waals surface area contributed by atoms with Crippen molar-refractivity contribution in [3.8, 4) is 0 Å². The second-order valence-electron chi connectivity index (χ2n) is 8.56. The molecule has 2 heterocycles. The van der Waals surface area contributed by atoms with Gasteiger partial charge in [-0.3, -0.25) is 14.4 Å². The summed E-state index contributed by atoms with van der Waals surface area (Å²) < 4.78 is 0. The van der Waals surface area contributed by atoms with E-state index in [1.165, 1.54) is 5.56 Å². The number of primary amides is 1. The lowest BCUT2D eigenvalue weighted by Gasteiger charge is -2.40. The molecule has 6 nitrogen and oxygen atoms in total. The molecular formula is C23H33N3O3. The van der Waals surface area contributed by atoms with Gasteiger partial charge in [-0.05, 0) is 43.2 Å². The summed E-state index contributed by atoms with van der Waals surface area (Å²) >= 11 is 0. The lowest BCUT2D eigenvalue weighted by molar-refractivity contribution is -0.138. The molecule has 29 heavy (non-hydrogen) atoms. The molecule has 1 atom stereocenters. The summed E-state index contributed by atoms with van der Waals surface area (Å²) in [4.78, 5) is 40.2. The van der Waals surface area contributed by atoms with Crippen molar-refractivity contribution in [2.75, 3.05) is 26.2 Å². The average Bonchev–Trinajstić information content (AvgIpc) is 2.74. The van der Waals surface area contributed by atoms with Crippen LogP contribution in [-0.4, -0.2) is 53.7 Å². The fraction of sp³-hybridized carbons (Fsp3) is 0.609. The molecule has 0 spiro atoms. The maximum atomic E-state index is 12.5. The van der Waals surface area contributed by atoms with Crippen LogP contribution in [0.3, 0.4) is 0 Å². The molecule has 0 radical (unpaired) electrons. The van der Waals surface area contributed by atoms with Crippen LogP contribution in [0.5, 0.6) is 0 Å². The number of carbonyl (C=O) groups excluding carboxylic acids is 3. The number of piperidine rings is 2. The van der Waals surface area contributed by atoms with Crippen LogP contribution in [0.1, 0.15) is 63.0 Å². The zero-order valence-electron chi connectivity index (χ0n) is 17.7. The fourth-order valence-electron chi connectivity index (χ4n) is 4.89. The van der Waals surface area contributed by atoms with E-state index in [2.05, 4.69) is 12.1 Å². The third-order valence-electron chi connectivity index (χ3n) is 6.79. The van der Waals surface area contributed by atoms with Crippen LogP contribution in [0.15, 0.2) is 24.3 Å². The second kappa shape index (κ2) is 8.97. The zero-order chi connectivity index (χ0) is 21.0. The molecule has 2 aliphatic rings. The monoisotopic (exact) mass is 399 g/mol. The van der Waals surface area contributed by atoms with Crippen LogP contribution in [-0.2, 0) is 20.8 Å². The number of rotatable bonds is 5. The number of hydrogen-bond donors (Lipinski definition) is 1. The molecule has 0 aliphatic carbocycles. The van der Waals surface area contributed by atoms with Crippen molar-refractivity contribution in [3.05, 3.63) is 35.4 Å². The fourth-order valence-corrected chi connectivity index (χ4v) is 4.89. The van der Waals surface area contributed by atoms with Gasteiger partial charge >= 0.3 is 0 Å². The first-order valence-electron chi connectivity index (χ1n) is 10.8. The van der Waals surface area contributed by atoms with Gasteiger partial charge in [0.1, 0.15) is 0 Å². The van der Waals surface area contributed by atoms with Gasteiger partial charge in [0.15, 0.2) is 0 Å². The molecule has 2 fully saturated rings. The topological polar surface area (TPSA) is 83.7 Å². The predicted octanol–water partition coefficient (Wildman–Crippen LogP) is 2.46. The van der Waals surface area contributed by atoms with E-state index in [-0.39, 0.29) is 23.6 Å². The van der Waals surface area contributed by atoms with Gasteiger partial charge in [0.05, 0.1) is 5.41 Å². The van der Waals surface area contributed by atoms with Gasteiger partial charge in [-0.1, -0.05) is 31.2 Å². The Morgan fingerprint density at radius 3 is 2.41 bits per heavy atom. The first kappa shape index (κ1) is 21.3. The van der Waals surface area contributed by atoms with E-state index in [1.54, 1.807) is 6.92 Å². The first-order valence-corrected chi connectivity index (χ1v) is 10.8. The van der Waals surface area contributed by atoms with Crippen LogP contribution < -0.4 is 5.73 Å². The van der Waals surface area contributed by atoms with Crippen molar-refractivity contribution in [1.29, 1.82) is 0 Å². The molecule has 1 aromatic rings. The van der Waals surface area contributed by atoms with E-state index in [9.17, 15) is 14.4 Å². The van der Waals surface area contributed by atoms with Crippen LogP contribution >= 0.6 is 0 Å². The molecule has 2 N–H and O–H groups in total. The van der Waals surface area contributed by atoms with E-state index < -0.39 is 5.41 Å². The first-order chi connectivity index (χ1) is 13.9. The third kappa shape index (κ3) is 4.62. The summed E-state index contributed by atoms with van der Waals surface area (Å²) in [6.45, 7) is 6.21. The highest BCUT2D eigenvalue weighted by atomic mass is 16.2. The lowest BCUT2D eigenvalue weighted by Crippen LogP contribution is -2.50. The Morgan fingerprint density at radius 2 is 1.79 bits per heavy atom. The van der Waals surface area contributed by atoms with Gasteiger partial charge in [0.2, 0.25) is 17.7 Å². The van der Waals surface area contributed by atoms with Gasteiger partial charge in [-0.15, -0.1) is 0 Å². The van der Waals surface area contributed by atoms with Crippen molar-refractivity contribution in [2.24, 2.45) is 11.1 Å². The number of nitrogens with zero attached hydrogens (tertiary/aromatic N) is 2. The number of amides is 3. The highest BCUT2D eigenvalue weighted by Crippen LogP contribution is 2.38. The van der Waals surface area contributed by atoms with Gasteiger partial charge in [0, 0.05) is 45.4 Å². The molecular weight excluding hydrogens is 366 g/mol. The maximum Gasteiger partial charge on any atom is 0.224 e. The Hall–Kier alpha value is -2.37. The third-order valence-corrected chi connectivity index (χ3v) is 6.79. The van der Waals surface area contributed by atoms with Crippen molar-refractivity contribution in [1.82, 2.24) is 9.80 Å². The molecule has 0 aromatic heterocycles. The maximum absolute atomic E-state index is 12.5. The van der Waals surface area contributed by atoms with E-state index in [4.69, 9.17) is 5.73 Å². The standard InChI is InChI=1S/C23H33N3O3/c1-3-21(28)25-13-10-23(11-14-25,22(24)29)15-18-7-4-5-9-20(18)19-8-6-12-26(16-19)17(2)27/h4-5,7,9,19H,3,6,8,10-16H2,1-2H3,(H2,24,29).